The quantitative estimate of drug-likeness (QED) is 0.386. The molecule has 0 aliphatic carbocycles. The lowest BCUT2D eigenvalue weighted by molar-refractivity contribution is -0.112. The molecule has 0 saturated heterocycles. The monoisotopic (exact) mass is 430 g/mol. The van der Waals surface area contributed by atoms with Gasteiger partial charge in [-0.3, -0.25) is 4.79 Å². The number of carboxylic acid groups (broad SMARTS) is 2. The lowest BCUT2D eigenvalue weighted by atomic mass is 10.0. The van der Waals surface area contributed by atoms with Crippen molar-refractivity contribution in [2.75, 3.05) is 5.32 Å². The van der Waals surface area contributed by atoms with Crippen LogP contribution in [-0.2, 0) is 4.79 Å². The molecule has 1 amide bonds. The van der Waals surface area contributed by atoms with Crippen molar-refractivity contribution in [2.24, 2.45) is 0 Å². The van der Waals surface area contributed by atoms with Gasteiger partial charge in [-0.15, -0.1) is 0 Å². The summed E-state index contributed by atoms with van der Waals surface area (Å²) in [7, 11) is 0. The highest BCUT2D eigenvalue weighted by atomic mass is 16.4. The maximum absolute atomic E-state index is 12.5. The molecule has 32 heavy (non-hydrogen) atoms. The number of anilines is 1. The van der Waals surface area contributed by atoms with Crippen molar-refractivity contribution < 1.29 is 29.0 Å². The summed E-state index contributed by atoms with van der Waals surface area (Å²) in [5.41, 5.74) is 2.23. The third-order valence-corrected chi connectivity index (χ3v) is 4.75. The smallest absolute Gasteiger partial charge is 0.335 e. The highest BCUT2D eigenvalue weighted by Crippen LogP contribution is 2.26. The van der Waals surface area contributed by atoms with Crippen molar-refractivity contribution in [3.63, 3.8) is 0 Å². The van der Waals surface area contributed by atoms with E-state index >= 15 is 0 Å². The van der Waals surface area contributed by atoms with Gasteiger partial charge in [-0.1, -0.05) is 6.07 Å². The van der Waals surface area contributed by atoms with E-state index in [-0.39, 0.29) is 33.8 Å². The maximum atomic E-state index is 12.5. The molecule has 0 spiro atoms. The topological polar surface area (TPSA) is 141 Å². The summed E-state index contributed by atoms with van der Waals surface area (Å²) in [5.74, 6) is -2.82. The molecule has 2 aromatic carbocycles. The number of nitrogens with one attached hydrogen (secondary N) is 1. The summed E-state index contributed by atoms with van der Waals surface area (Å²) in [6.45, 7) is 3.85. The van der Waals surface area contributed by atoms with E-state index in [1.54, 1.807) is 12.1 Å². The minimum absolute atomic E-state index is 0.171. The first-order valence-corrected chi connectivity index (χ1v) is 9.40. The van der Waals surface area contributed by atoms with Crippen LogP contribution in [0.25, 0.3) is 17.4 Å². The van der Waals surface area contributed by atoms with Crippen LogP contribution in [0.2, 0.25) is 0 Å². The molecular formula is C24H18N2O6. The zero-order chi connectivity index (χ0) is 23.4. The molecule has 0 saturated carbocycles. The Hall–Kier alpha value is -4.64. The Labute approximate surface area is 183 Å². The number of aryl methyl sites for hydroxylation is 2. The average Bonchev–Trinajstić information content (AvgIpc) is 3.23. The van der Waals surface area contributed by atoms with Gasteiger partial charge in [-0.05, 0) is 67.4 Å². The van der Waals surface area contributed by atoms with Crippen molar-refractivity contribution in [1.29, 1.82) is 5.26 Å². The van der Waals surface area contributed by atoms with Crippen LogP contribution >= 0.6 is 0 Å². The molecule has 3 aromatic rings. The SMILES string of the molecule is Cc1ccc(NC(=O)/C(C#N)=C\c2ccc(-c3cc(C(=O)O)cc(C(=O)O)c3)o2)cc1C. The van der Waals surface area contributed by atoms with Gasteiger partial charge < -0.3 is 19.9 Å². The van der Waals surface area contributed by atoms with Gasteiger partial charge in [0.15, 0.2) is 0 Å². The summed E-state index contributed by atoms with van der Waals surface area (Å²) in [5, 5.41) is 30.5. The fraction of sp³-hybridized carbons (Fsp3) is 0.0833. The van der Waals surface area contributed by atoms with Crippen LogP contribution in [0.15, 0.2) is 58.5 Å². The summed E-state index contributed by atoms with van der Waals surface area (Å²) in [4.78, 5) is 35.1. The normalized spacial score (nSPS) is 11.0. The van der Waals surface area contributed by atoms with Crippen molar-refractivity contribution in [3.05, 3.63) is 82.1 Å². The third kappa shape index (κ3) is 4.91. The van der Waals surface area contributed by atoms with Gasteiger partial charge in [-0.25, -0.2) is 9.59 Å². The number of amides is 1. The van der Waals surface area contributed by atoms with Gasteiger partial charge in [-0.2, -0.15) is 5.26 Å². The third-order valence-electron chi connectivity index (χ3n) is 4.75. The van der Waals surface area contributed by atoms with Crippen LogP contribution in [0.4, 0.5) is 5.69 Å². The standard InChI is InChI=1S/C24H18N2O6/c1-13-3-4-19(7-14(13)2)26-22(27)18(12-25)11-20-5-6-21(32-20)15-8-16(23(28)29)10-17(9-15)24(30)31/h3-11H,1-2H3,(H,26,27)(H,28,29)(H,30,31)/b18-11-. The molecule has 3 rings (SSSR count). The number of rotatable bonds is 6. The van der Waals surface area contributed by atoms with Gasteiger partial charge in [0, 0.05) is 17.3 Å². The molecule has 0 radical (unpaired) electrons. The predicted molar refractivity (Wildman–Crippen MR) is 116 cm³/mol. The van der Waals surface area contributed by atoms with Crippen molar-refractivity contribution in [3.8, 4) is 17.4 Å². The molecule has 8 nitrogen and oxygen atoms in total. The Kier molecular flexibility index (Phi) is 6.21. The number of furan rings is 1. The van der Waals surface area contributed by atoms with E-state index in [0.29, 0.717) is 5.69 Å². The van der Waals surface area contributed by atoms with Crippen LogP contribution in [0.3, 0.4) is 0 Å². The molecule has 3 N–H and O–H groups in total. The highest BCUT2D eigenvalue weighted by molar-refractivity contribution is 6.09. The molecule has 8 heteroatoms. The Balaban J connectivity index is 1.89. The highest BCUT2D eigenvalue weighted by Gasteiger charge is 2.15. The van der Waals surface area contributed by atoms with Gasteiger partial charge in [0.1, 0.15) is 23.2 Å². The number of hydrogen-bond donors (Lipinski definition) is 3. The second-order valence-electron chi connectivity index (χ2n) is 7.03. The molecule has 0 unspecified atom stereocenters. The molecule has 1 aromatic heterocycles. The van der Waals surface area contributed by atoms with Gasteiger partial charge in [0.25, 0.3) is 5.91 Å². The lowest BCUT2D eigenvalue weighted by Gasteiger charge is -2.07. The number of carbonyl (C=O) groups is 3. The van der Waals surface area contributed by atoms with E-state index in [1.807, 2.05) is 26.0 Å². The molecule has 0 bridgehead atoms. The van der Waals surface area contributed by atoms with Crippen molar-refractivity contribution >= 4 is 29.6 Å². The Morgan fingerprint density at radius 3 is 2.16 bits per heavy atom. The fourth-order valence-electron chi connectivity index (χ4n) is 2.91. The molecule has 0 fully saturated rings. The molecule has 0 aliphatic heterocycles. The molecule has 0 atom stereocenters. The number of nitrogens with zero attached hydrogens (tertiary/aromatic N) is 1. The van der Waals surface area contributed by atoms with Gasteiger partial charge in [0.2, 0.25) is 0 Å². The Morgan fingerprint density at radius 1 is 0.938 bits per heavy atom. The van der Waals surface area contributed by atoms with E-state index in [0.717, 1.165) is 17.2 Å². The van der Waals surface area contributed by atoms with Crippen molar-refractivity contribution in [1.82, 2.24) is 0 Å². The summed E-state index contributed by atoms with van der Waals surface area (Å²) >= 11 is 0. The maximum Gasteiger partial charge on any atom is 0.335 e. The number of aromatic carboxylic acids is 2. The van der Waals surface area contributed by atoms with Crippen LogP contribution < -0.4 is 5.32 Å². The number of nitriles is 1. The first-order chi connectivity index (χ1) is 15.2. The Morgan fingerprint density at radius 2 is 1.59 bits per heavy atom. The van der Waals surface area contributed by atoms with E-state index in [4.69, 9.17) is 4.42 Å². The summed E-state index contributed by atoms with van der Waals surface area (Å²) in [6.07, 6.45) is 1.25. The number of carbonyl (C=O) groups excluding carboxylic acids is 1. The number of benzene rings is 2. The number of hydrogen-bond acceptors (Lipinski definition) is 5. The van der Waals surface area contributed by atoms with Crippen LogP contribution in [0.1, 0.15) is 37.6 Å². The van der Waals surface area contributed by atoms with Crippen LogP contribution in [0, 0.1) is 25.2 Å². The largest absolute Gasteiger partial charge is 0.478 e. The lowest BCUT2D eigenvalue weighted by Crippen LogP contribution is -2.13. The minimum Gasteiger partial charge on any atom is -0.478 e. The molecule has 1 heterocycles. The average molecular weight is 430 g/mol. The molecule has 160 valence electrons. The summed E-state index contributed by atoms with van der Waals surface area (Å²) in [6, 6.07) is 13.8. The van der Waals surface area contributed by atoms with E-state index in [1.165, 1.54) is 30.3 Å². The Bertz CT molecular complexity index is 1280. The number of carboxylic acids is 2. The van der Waals surface area contributed by atoms with Crippen LogP contribution in [-0.4, -0.2) is 28.1 Å². The summed E-state index contributed by atoms with van der Waals surface area (Å²) < 4.78 is 5.61. The minimum atomic E-state index is -1.28. The van der Waals surface area contributed by atoms with E-state index in [2.05, 4.69) is 5.32 Å². The van der Waals surface area contributed by atoms with Crippen LogP contribution in [0.5, 0.6) is 0 Å². The second-order valence-corrected chi connectivity index (χ2v) is 7.03. The zero-order valence-electron chi connectivity index (χ0n) is 17.2. The first kappa shape index (κ1) is 22.1. The van der Waals surface area contributed by atoms with Gasteiger partial charge in [0.05, 0.1) is 11.1 Å². The molecule has 0 aliphatic rings. The van der Waals surface area contributed by atoms with E-state index in [9.17, 15) is 29.9 Å². The first-order valence-electron chi connectivity index (χ1n) is 9.40. The van der Waals surface area contributed by atoms with E-state index < -0.39 is 17.8 Å². The zero-order valence-corrected chi connectivity index (χ0v) is 17.2. The van der Waals surface area contributed by atoms with Crippen molar-refractivity contribution in [2.45, 2.75) is 13.8 Å². The van der Waals surface area contributed by atoms with Gasteiger partial charge >= 0.3 is 11.9 Å². The molecular weight excluding hydrogens is 412 g/mol. The second kappa shape index (κ2) is 9.02. The fourth-order valence-corrected chi connectivity index (χ4v) is 2.91. The predicted octanol–water partition coefficient (Wildman–Crippen LogP) is 4.51.